The predicted molar refractivity (Wildman–Crippen MR) is 80.0 cm³/mol. The van der Waals surface area contributed by atoms with Crippen LogP contribution >= 0.6 is 0 Å². The third-order valence-electron chi connectivity index (χ3n) is 3.43. The predicted octanol–water partition coefficient (Wildman–Crippen LogP) is 1.36. The van der Waals surface area contributed by atoms with Crippen molar-refractivity contribution in [3.63, 3.8) is 0 Å². The molecule has 1 aromatic carbocycles. The van der Waals surface area contributed by atoms with Gasteiger partial charge in [-0.15, -0.1) is 0 Å². The van der Waals surface area contributed by atoms with Gasteiger partial charge in [0.15, 0.2) is 0 Å². The van der Waals surface area contributed by atoms with Crippen LogP contribution in [0.2, 0.25) is 0 Å². The maximum absolute atomic E-state index is 12.4. The fraction of sp³-hybridized carbons (Fsp3) is 0.533. The monoisotopic (exact) mass is 294 g/mol. The first kappa shape index (κ1) is 15.4. The molecule has 21 heavy (non-hydrogen) atoms. The Morgan fingerprint density at radius 1 is 1.19 bits per heavy atom. The van der Waals surface area contributed by atoms with Crippen LogP contribution in [0.5, 0.6) is 11.5 Å². The average molecular weight is 294 g/mol. The van der Waals surface area contributed by atoms with E-state index in [1.165, 1.54) is 0 Å². The summed E-state index contributed by atoms with van der Waals surface area (Å²) in [7, 11) is 3.20. The van der Waals surface area contributed by atoms with Crippen LogP contribution in [-0.4, -0.2) is 57.4 Å². The molecule has 1 amide bonds. The number of amides is 1. The number of carbonyl (C=O) groups is 1. The molecular formula is C15H22N2O4. The first-order valence-electron chi connectivity index (χ1n) is 7.00. The number of methoxy groups -OCH3 is 2. The highest BCUT2D eigenvalue weighted by molar-refractivity contribution is 5.84. The minimum atomic E-state index is -0.320. The van der Waals surface area contributed by atoms with Gasteiger partial charge < -0.3 is 24.4 Å². The van der Waals surface area contributed by atoms with Crippen LogP contribution in [0, 0.1) is 0 Å². The second kappa shape index (κ2) is 7.17. The molecule has 1 aromatic rings. The van der Waals surface area contributed by atoms with Crippen molar-refractivity contribution < 1.29 is 19.0 Å². The Morgan fingerprint density at radius 3 is 2.29 bits per heavy atom. The van der Waals surface area contributed by atoms with Crippen molar-refractivity contribution in [2.45, 2.75) is 13.0 Å². The molecule has 6 nitrogen and oxygen atoms in total. The van der Waals surface area contributed by atoms with Gasteiger partial charge in [0.25, 0.3) is 0 Å². The molecule has 2 rings (SSSR count). The Morgan fingerprint density at radius 2 is 1.76 bits per heavy atom. The Balaban J connectivity index is 2.04. The highest BCUT2D eigenvalue weighted by Gasteiger charge is 2.22. The molecule has 1 heterocycles. The summed E-state index contributed by atoms with van der Waals surface area (Å²) < 4.78 is 15.7. The molecule has 0 spiro atoms. The lowest BCUT2D eigenvalue weighted by atomic mass is 10.2. The molecular weight excluding hydrogens is 272 g/mol. The number of hydrogen-bond acceptors (Lipinski definition) is 5. The third kappa shape index (κ3) is 4.01. The number of anilines is 1. The van der Waals surface area contributed by atoms with Gasteiger partial charge in [-0.3, -0.25) is 4.79 Å². The first-order valence-corrected chi connectivity index (χ1v) is 7.00. The molecule has 1 saturated heterocycles. The van der Waals surface area contributed by atoms with Gasteiger partial charge >= 0.3 is 0 Å². The number of nitrogens with one attached hydrogen (secondary N) is 1. The van der Waals surface area contributed by atoms with Crippen LogP contribution in [0.3, 0.4) is 0 Å². The van der Waals surface area contributed by atoms with Crippen LogP contribution in [0.25, 0.3) is 0 Å². The second-order valence-corrected chi connectivity index (χ2v) is 4.91. The topological polar surface area (TPSA) is 60.0 Å². The molecule has 1 N–H and O–H groups in total. The van der Waals surface area contributed by atoms with Gasteiger partial charge in [0.2, 0.25) is 5.91 Å². The van der Waals surface area contributed by atoms with Crippen molar-refractivity contribution in [1.82, 2.24) is 4.90 Å². The molecule has 0 aliphatic carbocycles. The lowest BCUT2D eigenvalue weighted by molar-refractivity contribution is -0.135. The van der Waals surface area contributed by atoms with Crippen LogP contribution < -0.4 is 14.8 Å². The maximum Gasteiger partial charge on any atom is 0.244 e. The SMILES string of the molecule is COc1cc(NC(C)C(=O)N2CCOCC2)cc(OC)c1. The Bertz CT molecular complexity index is 464. The average Bonchev–Trinajstić information content (AvgIpc) is 2.54. The van der Waals surface area contributed by atoms with Gasteiger partial charge in [0, 0.05) is 37.0 Å². The summed E-state index contributed by atoms with van der Waals surface area (Å²) in [6.07, 6.45) is 0. The summed E-state index contributed by atoms with van der Waals surface area (Å²) in [5, 5.41) is 3.20. The largest absolute Gasteiger partial charge is 0.497 e. The summed E-state index contributed by atoms with van der Waals surface area (Å²) in [4.78, 5) is 14.2. The Hall–Kier alpha value is -1.95. The fourth-order valence-electron chi connectivity index (χ4n) is 2.26. The molecule has 1 unspecified atom stereocenters. The minimum absolute atomic E-state index is 0.0695. The normalized spacial score (nSPS) is 16.2. The zero-order valence-corrected chi connectivity index (χ0v) is 12.7. The van der Waals surface area contributed by atoms with Crippen molar-refractivity contribution in [2.75, 3.05) is 45.8 Å². The standard InChI is InChI=1S/C15H22N2O4/c1-11(15(18)17-4-6-21-7-5-17)16-12-8-13(19-2)10-14(9-12)20-3/h8-11,16H,4-7H2,1-3H3. The molecule has 1 aliphatic rings. The van der Waals surface area contributed by atoms with Crippen LogP contribution in [0.4, 0.5) is 5.69 Å². The summed E-state index contributed by atoms with van der Waals surface area (Å²) in [5.41, 5.74) is 0.792. The number of morpholine rings is 1. The van der Waals surface area contributed by atoms with Crippen molar-refractivity contribution in [3.8, 4) is 11.5 Å². The van der Waals surface area contributed by atoms with Gasteiger partial charge in [-0.05, 0) is 6.92 Å². The van der Waals surface area contributed by atoms with Gasteiger partial charge in [0.1, 0.15) is 17.5 Å². The molecule has 0 aromatic heterocycles. The fourth-order valence-corrected chi connectivity index (χ4v) is 2.26. The minimum Gasteiger partial charge on any atom is -0.497 e. The van der Waals surface area contributed by atoms with E-state index in [2.05, 4.69) is 5.32 Å². The van der Waals surface area contributed by atoms with E-state index in [1.807, 2.05) is 24.0 Å². The van der Waals surface area contributed by atoms with E-state index in [0.29, 0.717) is 37.8 Å². The number of nitrogens with zero attached hydrogens (tertiary/aromatic N) is 1. The zero-order valence-electron chi connectivity index (χ0n) is 12.7. The molecule has 0 radical (unpaired) electrons. The summed E-state index contributed by atoms with van der Waals surface area (Å²) >= 11 is 0. The van der Waals surface area contributed by atoms with E-state index in [4.69, 9.17) is 14.2 Å². The lowest BCUT2D eigenvalue weighted by Crippen LogP contribution is -2.46. The van der Waals surface area contributed by atoms with Crippen LogP contribution in [0.1, 0.15) is 6.92 Å². The van der Waals surface area contributed by atoms with E-state index >= 15 is 0 Å². The summed E-state index contributed by atoms with van der Waals surface area (Å²) in [5.74, 6) is 1.44. The lowest BCUT2D eigenvalue weighted by Gasteiger charge is -2.29. The van der Waals surface area contributed by atoms with E-state index in [9.17, 15) is 4.79 Å². The maximum atomic E-state index is 12.4. The van der Waals surface area contributed by atoms with Crippen molar-refractivity contribution >= 4 is 11.6 Å². The van der Waals surface area contributed by atoms with E-state index < -0.39 is 0 Å². The highest BCUT2D eigenvalue weighted by atomic mass is 16.5. The second-order valence-electron chi connectivity index (χ2n) is 4.91. The Labute approximate surface area is 125 Å². The van der Waals surface area contributed by atoms with E-state index in [-0.39, 0.29) is 11.9 Å². The van der Waals surface area contributed by atoms with Gasteiger partial charge in [-0.2, -0.15) is 0 Å². The van der Waals surface area contributed by atoms with E-state index in [0.717, 1.165) is 5.69 Å². The highest BCUT2D eigenvalue weighted by Crippen LogP contribution is 2.26. The molecule has 0 bridgehead atoms. The zero-order chi connectivity index (χ0) is 15.2. The van der Waals surface area contributed by atoms with Crippen LogP contribution in [0.15, 0.2) is 18.2 Å². The number of benzene rings is 1. The van der Waals surface area contributed by atoms with E-state index in [1.54, 1.807) is 20.3 Å². The van der Waals surface area contributed by atoms with Crippen molar-refractivity contribution in [1.29, 1.82) is 0 Å². The third-order valence-corrected chi connectivity index (χ3v) is 3.43. The molecule has 0 saturated carbocycles. The van der Waals surface area contributed by atoms with Gasteiger partial charge in [-0.1, -0.05) is 0 Å². The number of rotatable bonds is 5. The molecule has 1 atom stereocenters. The van der Waals surface area contributed by atoms with Gasteiger partial charge in [-0.25, -0.2) is 0 Å². The first-order chi connectivity index (χ1) is 10.1. The summed E-state index contributed by atoms with van der Waals surface area (Å²) in [6.45, 7) is 4.35. The number of ether oxygens (including phenoxy) is 3. The molecule has 1 fully saturated rings. The van der Waals surface area contributed by atoms with Crippen molar-refractivity contribution in [3.05, 3.63) is 18.2 Å². The van der Waals surface area contributed by atoms with Gasteiger partial charge in [0.05, 0.1) is 27.4 Å². The quantitative estimate of drug-likeness (QED) is 0.888. The Kier molecular flexibility index (Phi) is 5.27. The number of carbonyl (C=O) groups excluding carboxylic acids is 1. The van der Waals surface area contributed by atoms with Crippen molar-refractivity contribution in [2.24, 2.45) is 0 Å². The number of hydrogen-bond donors (Lipinski definition) is 1. The smallest absolute Gasteiger partial charge is 0.244 e. The molecule has 6 heteroatoms. The molecule has 116 valence electrons. The molecule has 1 aliphatic heterocycles. The van der Waals surface area contributed by atoms with Crippen LogP contribution in [-0.2, 0) is 9.53 Å². The summed E-state index contributed by atoms with van der Waals surface area (Å²) in [6, 6.07) is 5.15.